The highest BCUT2D eigenvalue weighted by molar-refractivity contribution is 5.64. The number of benzene rings is 1. The predicted octanol–water partition coefficient (Wildman–Crippen LogP) is 2.91. The van der Waals surface area contributed by atoms with Gasteiger partial charge in [0.05, 0.1) is 7.11 Å². The Labute approximate surface area is 143 Å². The first kappa shape index (κ1) is 16.6. The third-order valence-corrected chi connectivity index (χ3v) is 4.21. The van der Waals surface area contributed by atoms with Crippen molar-refractivity contribution in [2.24, 2.45) is 0 Å². The van der Waals surface area contributed by atoms with Crippen molar-refractivity contribution in [2.75, 3.05) is 26.8 Å². The second-order valence-corrected chi connectivity index (χ2v) is 5.92. The number of ether oxygens (including phenoxy) is 2. The molecular weight excluding hydrogens is 302 g/mol. The molecule has 0 radical (unpaired) electrons. The topological polar surface area (TPSA) is 48.3 Å². The van der Waals surface area contributed by atoms with Crippen molar-refractivity contribution < 1.29 is 9.47 Å². The first-order valence-electron chi connectivity index (χ1n) is 8.51. The lowest BCUT2D eigenvalue weighted by atomic mass is 10.1. The summed E-state index contributed by atoms with van der Waals surface area (Å²) in [5, 5.41) is 3.50. The maximum absolute atomic E-state index is 5.81. The zero-order valence-corrected chi connectivity index (χ0v) is 14.4. The average Bonchev–Trinajstić information content (AvgIpc) is 3.08. The number of aromatic nitrogens is 2. The number of rotatable bonds is 8. The molecule has 0 saturated carbocycles. The van der Waals surface area contributed by atoms with E-state index in [0.717, 1.165) is 55.4 Å². The normalized spacial score (nSPS) is 13.2. The smallest absolute Gasteiger partial charge is 0.127 e. The number of hydrogen-bond donors (Lipinski definition) is 1. The van der Waals surface area contributed by atoms with Gasteiger partial charge in [-0.05, 0) is 42.8 Å². The fraction of sp³-hybridized carbons (Fsp3) is 0.421. The standard InChI is InChI=1S/C19H25N3O2/c1-3-19-21-8-10-22(19)9-4-7-20-13-15-11-16-12-17(23-2)5-6-18(16)24-14-15/h5-6,8,10-12,20H,3-4,7,9,13-14H2,1-2H3. The SMILES string of the molecule is CCc1nccn1CCCNCC1=Cc2cc(OC)ccc2OC1. The second-order valence-electron chi connectivity index (χ2n) is 5.92. The number of nitrogens with one attached hydrogen (secondary N) is 1. The van der Waals surface area contributed by atoms with Crippen molar-refractivity contribution in [3.63, 3.8) is 0 Å². The molecule has 5 nitrogen and oxygen atoms in total. The molecule has 24 heavy (non-hydrogen) atoms. The molecule has 0 aliphatic carbocycles. The number of aryl methyl sites for hydroxylation is 2. The summed E-state index contributed by atoms with van der Waals surface area (Å²) in [6.45, 7) is 5.61. The van der Waals surface area contributed by atoms with Gasteiger partial charge >= 0.3 is 0 Å². The Morgan fingerprint density at radius 2 is 2.29 bits per heavy atom. The molecule has 3 rings (SSSR count). The Morgan fingerprint density at radius 1 is 1.38 bits per heavy atom. The second kappa shape index (κ2) is 8.02. The number of nitrogens with zero attached hydrogens (tertiary/aromatic N) is 2. The molecular formula is C19H25N3O2. The highest BCUT2D eigenvalue weighted by Gasteiger charge is 2.12. The molecule has 0 unspecified atom stereocenters. The van der Waals surface area contributed by atoms with Crippen LogP contribution in [-0.4, -0.2) is 36.4 Å². The van der Waals surface area contributed by atoms with Gasteiger partial charge in [-0.25, -0.2) is 4.98 Å². The van der Waals surface area contributed by atoms with Crippen molar-refractivity contribution in [1.29, 1.82) is 0 Å². The molecule has 0 spiro atoms. The highest BCUT2D eigenvalue weighted by Crippen LogP contribution is 2.29. The van der Waals surface area contributed by atoms with Gasteiger partial charge in [0.1, 0.15) is 23.9 Å². The van der Waals surface area contributed by atoms with Crippen LogP contribution in [0.4, 0.5) is 0 Å². The van der Waals surface area contributed by atoms with Crippen molar-refractivity contribution in [3.8, 4) is 11.5 Å². The zero-order valence-electron chi connectivity index (χ0n) is 14.4. The summed E-state index contributed by atoms with van der Waals surface area (Å²) >= 11 is 0. The average molecular weight is 327 g/mol. The molecule has 1 aromatic heterocycles. The summed E-state index contributed by atoms with van der Waals surface area (Å²) in [5.74, 6) is 2.94. The van der Waals surface area contributed by atoms with Crippen LogP contribution in [0.15, 0.2) is 36.2 Å². The molecule has 1 aromatic carbocycles. The van der Waals surface area contributed by atoms with Gasteiger partial charge in [0.2, 0.25) is 0 Å². The highest BCUT2D eigenvalue weighted by atomic mass is 16.5. The molecule has 1 N–H and O–H groups in total. The zero-order chi connectivity index (χ0) is 16.8. The van der Waals surface area contributed by atoms with E-state index in [1.807, 2.05) is 24.4 Å². The maximum Gasteiger partial charge on any atom is 0.127 e. The third kappa shape index (κ3) is 3.97. The molecule has 0 amide bonds. The van der Waals surface area contributed by atoms with E-state index >= 15 is 0 Å². The molecule has 0 bridgehead atoms. The van der Waals surface area contributed by atoms with Crippen molar-refractivity contribution >= 4 is 6.08 Å². The van der Waals surface area contributed by atoms with E-state index in [0.29, 0.717) is 6.61 Å². The van der Waals surface area contributed by atoms with E-state index in [1.54, 1.807) is 7.11 Å². The minimum atomic E-state index is 0.647. The Balaban J connectivity index is 1.46. The minimum absolute atomic E-state index is 0.647. The molecule has 2 heterocycles. The fourth-order valence-electron chi connectivity index (χ4n) is 2.91. The van der Waals surface area contributed by atoms with E-state index in [9.17, 15) is 0 Å². The van der Waals surface area contributed by atoms with Crippen molar-refractivity contribution in [2.45, 2.75) is 26.3 Å². The van der Waals surface area contributed by atoms with E-state index in [2.05, 4.69) is 34.1 Å². The van der Waals surface area contributed by atoms with Crippen LogP contribution in [0.2, 0.25) is 0 Å². The molecule has 0 saturated heterocycles. The molecule has 1 aliphatic rings. The number of hydrogen-bond acceptors (Lipinski definition) is 4. The van der Waals surface area contributed by atoms with Crippen molar-refractivity contribution in [3.05, 3.63) is 47.6 Å². The Morgan fingerprint density at radius 3 is 3.12 bits per heavy atom. The predicted molar refractivity (Wildman–Crippen MR) is 95.6 cm³/mol. The van der Waals surface area contributed by atoms with Crippen LogP contribution in [0.1, 0.15) is 24.7 Å². The quantitative estimate of drug-likeness (QED) is 0.758. The summed E-state index contributed by atoms with van der Waals surface area (Å²) < 4.78 is 13.3. The van der Waals surface area contributed by atoms with E-state index in [-0.39, 0.29) is 0 Å². The van der Waals surface area contributed by atoms with Gasteiger partial charge in [-0.3, -0.25) is 0 Å². The van der Waals surface area contributed by atoms with Gasteiger partial charge in [-0.2, -0.15) is 0 Å². The lowest BCUT2D eigenvalue weighted by Gasteiger charge is -2.19. The van der Waals surface area contributed by atoms with Gasteiger partial charge in [-0.1, -0.05) is 6.92 Å². The molecule has 1 aliphatic heterocycles. The Bertz CT molecular complexity index is 706. The van der Waals surface area contributed by atoms with E-state index in [1.165, 1.54) is 5.57 Å². The lowest BCUT2D eigenvalue weighted by Crippen LogP contribution is -2.23. The van der Waals surface area contributed by atoms with Crippen LogP contribution in [0.3, 0.4) is 0 Å². The van der Waals surface area contributed by atoms with Crippen LogP contribution in [0.25, 0.3) is 6.08 Å². The fourth-order valence-corrected chi connectivity index (χ4v) is 2.91. The molecule has 2 aromatic rings. The van der Waals surface area contributed by atoms with E-state index < -0.39 is 0 Å². The summed E-state index contributed by atoms with van der Waals surface area (Å²) in [6, 6.07) is 5.90. The molecule has 0 atom stereocenters. The first-order chi connectivity index (χ1) is 11.8. The van der Waals surface area contributed by atoms with Gasteiger partial charge < -0.3 is 19.4 Å². The molecule has 0 fully saturated rings. The minimum Gasteiger partial charge on any atom is -0.497 e. The Kier molecular flexibility index (Phi) is 5.54. The molecule has 5 heteroatoms. The summed E-state index contributed by atoms with van der Waals surface area (Å²) in [5.41, 5.74) is 2.34. The Hall–Kier alpha value is -2.27. The van der Waals surface area contributed by atoms with Crippen LogP contribution in [-0.2, 0) is 13.0 Å². The van der Waals surface area contributed by atoms with Crippen molar-refractivity contribution in [1.82, 2.24) is 14.9 Å². The van der Waals surface area contributed by atoms with Crippen LogP contribution in [0.5, 0.6) is 11.5 Å². The monoisotopic (exact) mass is 327 g/mol. The number of imidazole rings is 1. The van der Waals surface area contributed by atoms with Gasteiger partial charge in [-0.15, -0.1) is 0 Å². The van der Waals surface area contributed by atoms with Crippen LogP contribution in [0, 0.1) is 0 Å². The van der Waals surface area contributed by atoms with Crippen LogP contribution < -0.4 is 14.8 Å². The van der Waals surface area contributed by atoms with Gasteiger partial charge in [0.25, 0.3) is 0 Å². The maximum atomic E-state index is 5.81. The van der Waals surface area contributed by atoms with Gasteiger partial charge in [0.15, 0.2) is 0 Å². The lowest BCUT2D eigenvalue weighted by molar-refractivity contribution is 0.341. The number of fused-ring (bicyclic) bond motifs is 1. The summed E-state index contributed by atoms with van der Waals surface area (Å²) in [7, 11) is 1.68. The van der Waals surface area contributed by atoms with Crippen LogP contribution >= 0.6 is 0 Å². The summed E-state index contributed by atoms with van der Waals surface area (Å²) in [6.07, 6.45) is 8.19. The van der Waals surface area contributed by atoms with E-state index in [4.69, 9.17) is 9.47 Å². The molecule has 128 valence electrons. The third-order valence-electron chi connectivity index (χ3n) is 4.21. The largest absolute Gasteiger partial charge is 0.497 e. The first-order valence-corrected chi connectivity index (χ1v) is 8.51. The van der Waals surface area contributed by atoms with Gasteiger partial charge in [0, 0.05) is 37.5 Å². The summed E-state index contributed by atoms with van der Waals surface area (Å²) in [4.78, 5) is 4.35. The number of methoxy groups -OCH3 is 1.